The van der Waals surface area contributed by atoms with E-state index >= 15 is 4.39 Å². The molecule has 0 unspecified atom stereocenters. The van der Waals surface area contributed by atoms with Gasteiger partial charge in [-0.2, -0.15) is 0 Å². The molecule has 0 saturated carbocycles. The van der Waals surface area contributed by atoms with E-state index < -0.39 is 26.1 Å². The first-order valence-corrected chi connectivity index (χ1v) is 17.6. The number of nitrogens with zero attached hydrogens (tertiary/aromatic N) is 5. The second-order valence-electron chi connectivity index (χ2n) is 12.2. The van der Waals surface area contributed by atoms with Gasteiger partial charge in [0.15, 0.2) is 20.5 Å². The Labute approximate surface area is 282 Å². The lowest BCUT2D eigenvalue weighted by molar-refractivity contribution is -0.126. The quantitative estimate of drug-likeness (QED) is 0.227. The molecule has 0 aliphatic carbocycles. The van der Waals surface area contributed by atoms with Gasteiger partial charge in [-0.3, -0.25) is 19.1 Å². The summed E-state index contributed by atoms with van der Waals surface area (Å²) >= 11 is 6.96. The molecule has 2 aromatic carbocycles. The van der Waals surface area contributed by atoms with Crippen LogP contribution in [0.1, 0.15) is 31.0 Å². The van der Waals surface area contributed by atoms with Crippen molar-refractivity contribution < 1.29 is 17.6 Å². The highest BCUT2D eigenvalue weighted by Crippen LogP contribution is 2.43. The number of carbonyl (C=O) groups is 1. The average Bonchev–Trinajstić information content (AvgIpc) is 3.03. The van der Waals surface area contributed by atoms with Crippen LogP contribution in [0.4, 0.5) is 15.9 Å². The molecular weight excluding hydrogens is 655 g/mol. The Kier molecular flexibility index (Phi) is 8.50. The highest BCUT2D eigenvalue weighted by molar-refractivity contribution is 7.90. The number of nitrogens with two attached hydrogens (primary N) is 1. The van der Waals surface area contributed by atoms with Crippen LogP contribution in [0.2, 0.25) is 5.02 Å². The Morgan fingerprint density at radius 1 is 1.08 bits per heavy atom. The zero-order chi connectivity index (χ0) is 34.7. The highest BCUT2D eigenvalue weighted by Gasteiger charge is 2.34. The Balaban J connectivity index is 1.81. The Bertz CT molecular complexity index is 2330. The lowest BCUT2D eigenvalue weighted by Crippen LogP contribution is -2.49. The number of halogens is 2. The smallest absolute Gasteiger partial charge is 0.276 e. The minimum atomic E-state index is -4.22. The van der Waals surface area contributed by atoms with Crippen LogP contribution in [-0.4, -0.2) is 66.2 Å². The van der Waals surface area contributed by atoms with Crippen LogP contribution in [0.5, 0.6) is 0 Å². The van der Waals surface area contributed by atoms with E-state index in [9.17, 15) is 18.0 Å². The van der Waals surface area contributed by atoms with E-state index in [-0.39, 0.29) is 82.4 Å². The van der Waals surface area contributed by atoms with Gasteiger partial charge in [-0.05, 0) is 48.1 Å². The minimum absolute atomic E-state index is 0.0184. The summed E-state index contributed by atoms with van der Waals surface area (Å²) in [4.78, 5) is 39.0. The zero-order valence-corrected chi connectivity index (χ0v) is 28.5. The maximum atomic E-state index is 17.7. The molecule has 0 radical (unpaired) electrons. The number of hydrogen-bond acceptors (Lipinski definition) is 8. The van der Waals surface area contributed by atoms with E-state index in [0.717, 1.165) is 10.8 Å². The molecule has 10 nitrogen and oxygen atoms in total. The van der Waals surface area contributed by atoms with Crippen molar-refractivity contribution in [3.8, 4) is 16.9 Å². The van der Waals surface area contributed by atoms with Crippen molar-refractivity contribution in [2.45, 2.75) is 31.6 Å². The normalized spacial score (nSPS) is 13.9. The van der Waals surface area contributed by atoms with Crippen molar-refractivity contribution in [3.63, 3.8) is 0 Å². The number of piperazine rings is 1. The summed E-state index contributed by atoms with van der Waals surface area (Å²) in [7, 11) is -4.22. The number of anilines is 2. The molecule has 2 N–H and O–H groups in total. The maximum Gasteiger partial charge on any atom is 0.276 e. The fourth-order valence-corrected chi connectivity index (χ4v) is 7.77. The zero-order valence-electron chi connectivity index (χ0n) is 26.9. The van der Waals surface area contributed by atoms with Gasteiger partial charge in [0.1, 0.15) is 5.82 Å². The van der Waals surface area contributed by atoms with Crippen molar-refractivity contribution in [2.24, 2.45) is 0 Å². The van der Waals surface area contributed by atoms with E-state index in [1.54, 1.807) is 47.2 Å². The molecule has 0 bridgehead atoms. The summed E-state index contributed by atoms with van der Waals surface area (Å²) < 4.78 is 46.0. The lowest BCUT2D eigenvalue weighted by Gasteiger charge is -2.37. The Morgan fingerprint density at radius 3 is 2.42 bits per heavy atom. The first kappa shape index (κ1) is 33.1. The number of aromatic nitrogens is 3. The van der Waals surface area contributed by atoms with E-state index in [1.165, 1.54) is 12.1 Å². The average molecular weight is 689 g/mol. The standard InChI is InChI=1S/C35H34ClFN6O4S/c1-6-26(44)41-13-15-42(16-14-41)33-23-18-24(36)27(30-22-10-8-7-9-21(22)17-25(38)40-30)28(37)32(23)43(35(45)34(33)48(5,46)47)31-20(4)11-12-39-29(31)19(2)3/h6-12,17-19H,1,13-16H2,2-5H3,(H2,38,40). The molecule has 1 aliphatic heterocycles. The van der Waals surface area contributed by atoms with Crippen LogP contribution in [0.25, 0.3) is 38.6 Å². The van der Waals surface area contributed by atoms with E-state index in [1.807, 2.05) is 26.0 Å². The molecule has 1 saturated heterocycles. The maximum absolute atomic E-state index is 17.7. The topological polar surface area (TPSA) is 131 Å². The second kappa shape index (κ2) is 12.3. The van der Waals surface area contributed by atoms with Crippen LogP contribution >= 0.6 is 11.6 Å². The number of aryl methyl sites for hydroxylation is 1. The van der Waals surface area contributed by atoms with Crippen LogP contribution in [0, 0.1) is 12.7 Å². The summed E-state index contributed by atoms with van der Waals surface area (Å²) in [6.07, 6.45) is 3.76. The first-order chi connectivity index (χ1) is 22.7. The van der Waals surface area contributed by atoms with Crippen molar-refractivity contribution >= 4 is 60.5 Å². The molecule has 1 aliphatic rings. The van der Waals surface area contributed by atoms with E-state index in [2.05, 4.69) is 16.5 Å². The molecule has 5 aromatic rings. The predicted octanol–water partition coefficient (Wildman–Crippen LogP) is 5.65. The molecule has 48 heavy (non-hydrogen) atoms. The van der Waals surface area contributed by atoms with Crippen LogP contribution in [0.15, 0.2) is 71.0 Å². The fraction of sp³-hybridized carbons (Fsp3) is 0.257. The van der Waals surface area contributed by atoms with Gasteiger partial charge in [-0.1, -0.05) is 56.3 Å². The molecule has 4 heterocycles. The molecule has 1 fully saturated rings. The number of hydrogen-bond donors (Lipinski definition) is 1. The van der Waals surface area contributed by atoms with Gasteiger partial charge < -0.3 is 15.5 Å². The number of pyridine rings is 3. The molecule has 13 heteroatoms. The van der Waals surface area contributed by atoms with Gasteiger partial charge in [0.05, 0.1) is 38.9 Å². The van der Waals surface area contributed by atoms with Crippen molar-refractivity contribution in [1.29, 1.82) is 0 Å². The third-order valence-corrected chi connectivity index (χ3v) is 10.1. The number of benzene rings is 2. The van der Waals surface area contributed by atoms with Gasteiger partial charge >= 0.3 is 0 Å². The molecule has 3 aromatic heterocycles. The third kappa shape index (κ3) is 5.48. The number of nitrogen functional groups attached to an aromatic ring is 1. The summed E-state index contributed by atoms with van der Waals surface area (Å²) in [6, 6.07) is 12.0. The van der Waals surface area contributed by atoms with Crippen LogP contribution in [-0.2, 0) is 14.6 Å². The van der Waals surface area contributed by atoms with Crippen LogP contribution in [0.3, 0.4) is 0 Å². The monoisotopic (exact) mass is 688 g/mol. The predicted molar refractivity (Wildman–Crippen MR) is 188 cm³/mol. The largest absolute Gasteiger partial charge is 0.384 e. The third-order valence-electron chi connectivity index (χ3n) is 8.66. The minimum Gasteiger partial charge on any atom is -0.384 e. The van der Waals surface area contributed by atoms with E-state index in [0.29, 0.717) is 22.0 Å². The summed E-state index contributed by atoms with van der Waals surface area (Å²) in [6.45, 7) is 9.88. The van der Waals surface area contributed by atoms with Gasteiger partial charge in [0.25, 0.3) is 5.56 Å². The molecule has 6 rings (SSSR count). The van der Waals surface area contributed by atoms with Crippen molar-refractivity contribution in [2.75, 3.05) is 43.1 Å². The number of carbonyl (C=O) groups excluding carboxylic acids is 1. The molecular formula is C35H34ClFN6O4S. The van der Waals surface area contributed by atoms with Crippen molar-refractivity contribution in [1.82, 2.24) is 19.4 Å². The molecule has 248 valence electrons. The second-order valence-corrected chi connectivity index (χ2v) is 14.5. The first-order valence-electron chi connectivity index (χ1n) is 15.3. The summed E-state index contributed by atoms with van der Waals surface area (Å²) in [5.41, 5.74) is 6.51. The molecule has 0 atom stereocenters. The van der Waals surface area contributed by atoms with Crippen molar-refractivity contribution in [3.05, 3.63) is 93.8 Å². The SMILES string of the molecule is C=CC(=O)N1CCN(c2c(S(C)(=O)=O)c(=O)n(-c3c(C)ccnc3C(C)C)c3c(F)c(-c4nc(N)cc5ccccc45)c(Cl)cc23)CC1. The van der Waals surface area contributed by atoms with Gasteiger partial charge in [0.2, 0.25) is 5.91 Å². The fourth-order valence-electron chi connectivity index (χ4n) is 6.49. The molecule has 1 amide bonds. The van der Waals surface area contributed by atoms with Crippen LogP contribution < -0.4 is 16.2 Å². The number of fused-ring (bicyclic) bond motifs is 2. The molecule has 0 spiro atoms. The summed E-state index contributed by atoms with van der Waals surface area (Å²) in [5, 5.41) is 1.34. The Morgan fingerprint density at radius 2 is 1.77 bits per heavy atom. The summed E-state index contributed by atoms with van der Waals surface area (Å²) in [5.74, 6) is -1.22. The highest BCUT2D eigenvalue weighted by atomic mass is 35.5. The van der Waals surface area contributed by atoms with Gasteiger partial charge in [0, 0.05) is 49.4 Å². The van der Waals surface area contributed by atoms with E-state index in [4.69, 9.17) is 17.3 Å². The number of sulfone groups is 1. The number of amides is 1. The lowest BCUT2D eigenvalue weighted by atomic mass is 9.99. The van der Waals surface area contributed by atoms with Gasteiger partial charge in [-0.25, -0.2) is 17.8 Å². The Hall–Kier alpha value is -4.81. The number of rotatable bonds is 6. The van der Waals surface area contributed by atoms with Gasteiger partial charge in [-0.15, -0.1) is 0 Å².